The molecule has 0 fully saturated rings. The SMILES string of the molecule is Cc1ccc(Cl)cc1Nc1nccc(N2c3ccccc3CC2C)n1. The van der Waals surface area contributed by atoms with E-state index < -0.39 is 0 Å². The quantitative estimate of drug-likeness (QED) is 0.699. The number of fused-ring (bicyclic) bond motifs is 1. The molecule has 0 saturated heterocycles. The van der Waals surface area contributed by atoms with Crippen LogP contribution in [0.3, 0.4) is 0 Å². The van der Waals surface area contributed by atoms with Crippen molar-refractivity contribution < 1.29 is 0 Å². The zero-order valence-electron chi connectivity index (χ0n) is 14.2. The lowest BCUT2D eigenvalue weighted by Crippen LogP contribution is -2.25. The molecule has 1 N–H and O–H groups in total. The number of hydrogen-bond acceptors (Lipinski definition) is 4. The van der Waals surface area contributed by atoms with Gasteiger partial charge in [0.05, 0.1) is 0 Å². The molecule has 25 heavy (non-hydrogen) atoms. The van der Waals surface area contributed by atoms with Gasteiger partial charge in [0.2, 0.25) is 5.95 Å². The first-order valence-electron chi connectivity index (χ1n) is 8.35. The van der Waals surface area contributed by atoms with E-state index in [2.05, 4.69) is 46.4 Å². The van der Waals surface area contributed by atoms with Crippen molar-refractivity contribution in [2.45, 2.75) is 26.3 Å². The van der Waals surface area contributed by atoms with Crippen molar-refractivity contribution >= 4 is 34.7 Å². The van der Waals surface area contributed by atoms with Crippen LogP contribution in [-0.2, 0) is 6.42 Å². The topological polar surface area (TPSA) is 41.1 Å². The van der Waals surface area contributed by atoms with Gasteiger partial charge in [-0.25, -0.2) is 4.98 Å². The number of nitrogens with zero attached hydrogens (tertiary/aromatic N) is 3. The number of hydrogen-bond donors (Lipinski definition) is 1. The predicted octanol–water partition coefficient (Wildman–Crippen LogP) is 5.26. The second-order valence-electron chi connectivity index (χ2n) is 6.37. The summed E-state index contributed by atoms with van der Waals surface area (Å²) < 4.78 is 0. The summed E-state index contributed by atoms with van der Waals surface area (Å²) in [4.78, 5) is 11.4. The van der Waals surface area contributed by atoms with Crippen LogP contribution in [0.1, 0.15) is 18.1 Å². The molecule has 1 unspecified atom stereocenters. The van der Waals surface area contributed by atoms with Crippen LogP contribution in [-0.4, -0.2) is 16.0 Å². The van der Waals surface area contributed by atoms with Gasteiger partial charge in [-0.2, -0.15) is 4.98 Å². The molecule has 0 amide bonds. The lowest BCUT2D eigenvalue weighted by molar-refractivity contribution is 0.749. The number of aryl methyl sites for hydroxylation is 1. The molecule has 1 atom stereocenters. The maximum Gasteiger partial charge on any atom is 0.229 e. The van der Waals surface area contributed by atoms with E-state index in [0.29, 0.717) is 17.0 Å². The fraction of sp³-hybridized carbons (Fsp3) is 0.200. The Kier molecular flexibility index (Phi) is 4.06. The fourth-order valence-corrected chi connectivity index (χ4v) is 3.48. The molecular weight excluding hydrogens is 332 g/mol. The Labute approximate surface area is 152 Å². The zero-order chi connectivity index (χ0) is 17.4. The Morgan fingerprint density at radius 2 is 2.00 bits per heavy atom. The minimum Gasteiger partial charge on any atom is -0.324 e. The first-order valence-corrected chi connectivity index (χ1v) is 8.73. The molecule has 1 aliphatic rings. The van der Waals surface area contributed by atoms with Gasteiger partial charge in [0.25, 0.3) is 0 Å². The first kappa shape index (κ1) is 15.9. The molecule has 0 aliphatic carbocycles. The lowest BCUT2D eigenvalue weighted by Gasteiger charge is -2.24. The summed E-state index contributed by atoms with van der Waals surface area (Å²) in [5.74, 6) is 1.47. The van der Waals surface area contributed by atoms with Gasteiger partial charge >= 0.3 is 0 Å². The lowest BCUT2D eigenvalue weighted by atomic mass is 10.1. The zero-order valence-corrected chi connectivity index (χ0v) is 15.0. The summed E-state index contributed by atoms with van der Waals surface area (Å²) in [6.45, 7) is 4.25. The molecule has 0 spiro atoms. The molecule has 4 nitrogen and oxygen atoms in total. The highest BCUT2D eigenvalue weighted by Crippen LogP contribution is 2.37. The summed E-state index contributed by atoms with van der Waals surface area (Å²) in [6.07, 6.45) is 2.81. The summed E-state index contributed by atoms with van der Waals surface area (Å²) in [5, 5.41) is 3.97. The van der Waals surface area contributed by atoms with E-state index in [4.69, 9.17) is 16.6 Å². The molecular formula is C20H19ClN4. The van der Waals surface area contributed by atoms with Gasteiger partial charge in [-0.3, -0.25) is 0 Å². The van der Waals surface area contributed by atoms with Crippen LogP contribution in [0.4, 0.5) is 23.1 Å². The van der Waals surface area contributed by atoms with Crippen molar-refractivity contribution in [1.82, 2.24) is 9.97 Å². The van der Waals surface area contributed by atoms with Gasteiger partial charge in [-0.05, 0) is 55.7 Å². The number of rotatable bonds is 3. The number of para-hydroxylation sites is 1. The molecule has 0 radical (unpaired) electrons. The highest BCUT2D eigenvalue weighted by Gasteiger charge is 2.27. The smallest absolute Gasteiger partial charge is 0.229 e. The van der Waals surface area contributed by atoms with Crippen LogP contribution in [0.2, 0.25) is 5.02 Å². The van der Waals surface area contributed by atoms with Crippen LogP contribution >= 0.6 is 11.6 Å². The molecule has 4 rings (SSSR count). The van der Waals surface area contributed by atoms with Crippen molar-refractivity contribution in [3.05, 3.63) is 70.9 Å². The van der Waals surface area contributed by atoms with Gasteiger partial charge < -0.3 is 10.2 Å². The van der Waals surface area contributed by atoms with Crippen LogP contribution in [0.5, 0.6) is 0 Å². The van der Waals surface area contributed by atoms with Crippen LogP contribution in [0.25, 0.3) is 0 Å². The van der Waals surface area contributed by atoms with Crippen LogP contribution < -0.4 is 10.2 Å². The molecule has 0 bridgehead atoms. The molecule has 2 aromatic carbocycles. The molecule has 5 heteroatoms. The van der Waals surface area contributed by atoms with Gasteiger partial charge in [0.15, 0.2) is 0 Å². The second kappa shape index (κ2) is 6.37. The van der Waals surface area contributed by atoms with Crippen molar-refractivity contribution in [3.63, 3.8) is 0 Å². The van der Waals surface area contributed by atoms with Crippen molar-refractivity contribution in [2.75, 3.05) is 10.2 Å². The normalized spacial score (nSPS) is 16.0. The van der Waals surface area contributed by atoms with E-state index in [1.54, 1.807) is 6.20 Å². The van der Waals surface area contributed by atoms with Gasteiger partial charge in [-0.1, -0.05) is 35.9 Å². The Balaban J connectivity index is 1.67. The monoisotopic (exact) mass is 350 g/mol. The molecule has 126 valence electrons. The third kappa shape index (κ3) is 3.05. The predicted molar refractivity (Wildman–Crippen MR) is 103 cm³/mol. The third-order valence-corrected chi connectivity index (χ3v) is 4.78. The van der Waals surface area contributed by atoms with E-state index >= 15 is 0 Å². The van der Waals surface area contributed by atoms with Crippen molar-refractivity contribution in [2.24, 2.45) is 0 Å². The largest absolute Gasteiger partial charge is 0.324 e. The van der Waals surface area contributed by atoms with Gasteiger partial charge in [0.1, 0.15) is 5.82 Å². The average molecular weight is 351 g/mol. The third-order valence-electron chi connectivity index (χ3n) is 4.54. The molecule has 1 aromatic heterocycles. The Morgan fingerprint density at radius 1 is 1.16 bits per heavy atom. The number of benzene rings is 2. The second-order valence-corrected chi connectivity index (χ2v) is 6.81. The molecule has 0 saturated carbocycles. The van der Waals surface area contributed by atoms with Gasteiger partial charge in [0, 0.05) is 28.6 Å². The number of aromatic nitrogens is 2. The average Bonchev–Trinajstić information content (AvgIpc) is 2.94. The van der Waals surface area contributed by atoms with Gasteiger partial charge in [-0.15, -0.1) is 0 Å². The standard InChI is InChI=1S/C20H19ClN4/c1-13-7-8-16(21)12-17(13)23-20-22-10-9-19(24-20)25-14(2)11-15-5-3-4-6-18(15)25/h3-10,12,14H,11H2,1-2H3,(H,22,23,24). The van der Waals surface area contributed by atoms with E-state index in [-0.39, 0.29) is 0 Å². The summed E-state index contributed by atoms with van der Waals surface area (Å²) in [6, 6.07) is 16.6. The van der Waals surface area contributed by atoms with Crippen molar-refractivity contribution in [1.29, 1.82) is 0 Å². The summed E-state index contributed by atoms with van der Waals surface area (Å²) >= 11 is 6.10. The minimum atomic E-state index is 0.369. The fourth-order valence-electron chi connectivity index (χ4n) is 3.31. The van der Waals surface area contributed by atoms with Crippen LogP contribution in [0.15, 0.2) is 54.7 Å². The highest BCUT2D eigenvalue weighted by molar-refractivity contribution is 6.30. The maximum atomic E-state index is 6.10. The Hall–Kier alpha value is -2.59. The Morgan fingerprint density at radius 3 is 2.88 bits per heavy atom. The first-order chi connectivity index (χ1) is 12.1. The molecule has 1 aliphatic heterocycles. The van der Waals surface area contributed by atoms with E-state index in [9.17, 15) is 0 Å². The number of nitrogens with one attached hydrogen (secondary N) is 1. The molecule has 2 heterocycles. The summed E-state index contributed by atoms with van der Waals surface area (Å²) in [5.41, 5.74) is 4.59. The highest BCUT2D eigenvalue weighted by atomic mass is 35.5. The van der Waals surface area contributed by atoms with E-state index in [1.165, 1.54) is 11.3 Å². The number of halogens is 1. The Bertz CT molecular complexity index is 925. The van der Waals surface area contributed by atoms with E-state index in [0.717, 1.165) is 23.5 Å². The number of anilines is 4. The molecule has 3 aromatic rings. The summed E-state index contributed by atoms with van der Waals surface area (Å²) in [7, 11) is 0. The van der Waals surface area contributed by atoms with Crippen molar-refractivity contribution in [3.8, 4) is 0 Å². The van der Waals surface area contributed by atoms with Crippen LogP contribution in [0, 0.1) is 6.92 Å². The van der Waals surface area contributed by atoms with E-state index in [1.807, 2.05) is 31.2 Å². The minimum absolute atomic E-state index is 0.369. The maximum absolute atomic E-state index is 6.10.